The summed E-state index contributed by atoms with van der Waals surface area (Å²) in [5.74, 6) is 1.95. The van der Waals surface area contributed by atoms with Gasteiger partial charge in [0.1, 0.15) is 0 Å². The molecule has 0 aliphatic heterocycles. The molecule has 2 bridgehead atoms. The summed E-state index contributed by atoms with van der Waals surface area (Å²) in [6, 6.07) is 0. The fraction of sp³-hybridized carbons (Fsp3) is 1.00. The molecule has 15 heavy (non-hydrogen) atoms. The van der Waals surface area contributed by atoms with Crippen molar-refractivity contribution in [3.63, 3.8) is 0 Å². The molecule has 3 atom stereocenters. The number of rotatable bonds is 6. The first kappa shape index (κ1) is 11.4. The van der Waals surface area contributed by atoms with Gasteiger partial charge in [0, 0.05) is 18.6 Å². The fourth-order valence-electron chi connectivity index (χ4n) is 3.68. The van der Waals surface area contributed by atoms with Crippen LogP contribution in [-0.2, 0) is 4.74 Å². The van der Waals surface area contributed by atoms with Crippen LogP contribution in [0.3, 0.4) is 0 Å². The van der Waals surface area contributed by atoms with Gasteiger partial charge >= 0.3 is 0 Å². The van der Waals surface area contributed by atoms with E-state index in [1.807, 2.05) is 0 Å². The number of nitrogens with one attached hydrogen (secondary N) is 1. The SMILES string of the molecule is CCNCC1(COCC)CC2CCC1C2. The molecule has 2 aliphatic carbocycles. The Bertz CT molecular complexity index is 197. The lowest BCUT2D eigenvalue weighted by molar-refractivity contribution is 0.0143. The maximum Gasteiger partial charge on any atom is 0.0537 e. The summed E-state index contributed by atoms with van der Waals surface area (Å²) in [6.45, 7) is 8.41. The zero-order valence-electron chi connectivity index (χ0n) is 10.2. The summed E-state index contributed by atoms with van der Waals surface area (Å²) in [7, 11) is 0. The largest absolute Gasteiger partial charge is 0.381 e. The van der Waals surface area contributed by atoms with Gasteiger partial charge in [-0.15, -0.1) is 0 Å². The van der Waals surface area contributed by atoms with E-state index in [9.17, 15) is 0 Å². The highest BCUT2D eigenvalue weighted by Gasteiger charge is 2.50. The molecule has 0 amide bonds. The molecule has 0 saturated heterocycles. The van der Waals surface area contributed by atoms with E-state index in [0.29, 0.717) is 5.41 Å². The second-order valence-corrected chi connectivity index (χ2v) is 5.36. The van der Waals surface area contributed by atoms with E-state index in [1.54, 1.807) is 0 Å². The Kier molecular flexibility index (Phi) is 3.68. The van der Waals surface area contributed by atoms with Gasteiger partial charge in [0.05, 0.1) is 6.61 Å². The molecule has 0 aromatic heterocycles. The standard InChI is InChI=1S/C13H25NO/c1-3-14-9-13(10-15-4-2)8-11-5-6-12(13)7-11/h11-12,14H,3-10H2,1-2H3. The quantitative estimate of drug-likeness (QED) is 0.728. The summed E-state index contributed by atoms with van der Waals surface area (Å²) in [6.07, 6.45) is 5.80. The van der Waals surface area contributed by atoms with Crippen LogP contribution < -0.4 is 5.32 Å². The number of ether oxygens (including phenoxy) is 1. The van der Waals surface area contributed by atoms with Crippen LogP contribution in [0.1, 0.15) is 39.5 Å². The van der Waals surface area contributed by atoms with E-state index in [0.717, 1.165) is 31.6 Å². The van der Waals surface area contributed by atoms with Crippen LogP contribution in [0.5, 0.6) is 0 Å². The lowest BCUT2D eigenvalue weighted by atomic mass is 9.73. The second kappa shape index (κ2) is 4.84. The molecule has 2 nitrogen and oxygen atoms in total. The zero-order valence-corrected chi connectivity index (χ0v) is 10.2. The van der Waals surface area contributed by atoms with Crippen molar-refractivity contribution >= 4 is 0 Å². The molecule has 3 unspecified atom stereocenters. The molecule has 0 spiro atoms. The predicted molar refractivity (Wildman–Crippen MR) is 62.9 cm³/mol. The molecule has 88 valence electrons. The monoisotopic (exact) mass is 211 g/mol. The van der Waals surface area contributed by atoms with Crippen molar-refractivity contribution in [1.82, 2.24) is 5.32 Å². The van der Waals surface area contributed by atoms with Crippen molar-refractivity contribution < 1.29 is 4.74 Å². The lowest BCUT2D eigenvalue weighted by Crippen LogP contribution is -2.42. The summed E-state index contributed by atoms with van der Waals surface area (Å²) < 4.78 is 5.73. The summed E-state index contributed by atoms with van der Waals surface area (Å²) in [4.78, 5) is 0. The van der Waals surface area contributed by atoms with Gasteiger partial charge in [-0.05, 0) is 44.6 Å². The van der Waals surface area contributed by atoms with Gasteiger partial charge in [0.2, 0.25) is 0 Å². The van der Waals surface area contributed by atoms with Gasteiger partial charge in [-0.2, -0.15) is 0 Å². The van der Waals surface area contributed by atoms with Crippen molar-refractivity contribution in [2.75, 3.05) is 26.3 Å². The van der Waals surface area contributed by atoms with Gasteiger partial charge in [-0.1, -0.05) is 13.3 Å². The van der Waals surface area contributed by atoms with Gasteiger partial charge in [-0.25, -0.2) is 0 Å². The second-order valence-electron chi connectivity index (χ2n) is 5.36. The Morgan fingerprint density at radius 2 is 2.20 bits per heavy atom. The first-order valence-electron chi connectivity index (χ1n) is 6.59. The van der Waals surface area contributed by atoms with E-state index in [2.05, 4.69) is 19.2 Å². The topological polar surface area (TPSA) is 21.3 Å². The summed E-state index contributed by atoms with van der Waals surface area (Å²) in [5, 5.41) is 3.54. The summed E-state index contributed by atoms with van der Waals surface area (Å²) in [5.41, 5.74) is 0.481. The normalized spacial score (nSPS) is 38.8. The molecule has 0 radical (unpaired) electrons. The van der Waals surface area contributed by atoms with E-state index in [4.69, 9.17) is 4.74 Å². The van der Waals surface area contributed by atoms with Gasteiger partial charge in [0.15, 0.2) is 0 Å². The van der Waals surface area contributed by atoms with Gasteiger partial charge in [0.25, 0.3) is 0 Å². The average Bonchev–Trinajstić information content (AvgIpc) is 2.84. The van der Waals surface area contributed by atoms with Crippen LogP contribution >= 0.6 is 0 Å². The van der Waals surface area contributed by atoms with E-state index < -0.39 is 0 Å². The van der Waals surface area contributed by atoms with Crippen molar-refractivity contribution in [3.05, 3.63) is 0 Å². The Morgan fingerprint density at radius 1 is 1.33 bits per heavy atom. The van der Waals surface area contributed by atoms with Crippen molar-refractivity contribution in [2.45, 2.75) is 39.5 Å². The number of hydrogen-bond acceptors (Lipinski definition) is 2. The minimum atomic E-state index is 0.481. The molecule has 2 fully saturated rings. The van der Waals surface area contributed by atoms with Crippen LogP contribution in [-0.4, -0.2) is 26.3 Å². The minimum absolute atomic E-state index is 0.481. The van der Waals surface area contributed by atoms with Crippen LogP contribution in [0.2, 0.25) is 0 Å². The zero-order chi connectivity index (χ0) is 10.7. The van der Waals surface area contributed by atoms with Crippen LogP contribution in [0.4, 0.5) is 0 Å². The molecule has 2 heteroatoms. The highest BCUT2D eigenvalue weighted by Crippen LogP contribution is 2.55. The third kappa shape index (κ3) is 2.21. The molecule has 2 aliphatic rings. The minimum Gasteiger partial charge on any atom is -0.381 e. The fourth-order valence-corrected chi connectivity index (χ4v) is 3.68. The van der Waals surface area contributed by atoms with Gasteiger partial charge < -0.3 is 10.1 Å². The first-order chi connectivity index (χ1) is 7.30. The maximum atomic E-state index is 5.73. The molecule has 1 N–H and O–H groups in total. The van der Waals surface area contributed by atoms with E-state index >= 15 is 0 Å². The Hall–Kier alpha value is -0.0800. The van der Waals surface area contributed by atoms with E-state index in [-0.39, 0.29) is 0 Å². The van der Waals surface area contributed by atoms with E-state index in [1.165, 1.54) is 32.2 Å². The average molecular weight is 211 g/mol. The number of hydrogen-bond donors (Lipinski definition) is 1. The molecular weight excluding hydrogens is 186 g/mol. The molecule has 0 heterocycles. The third-order valence-corrected chi connectivity index (χ3v) is 4.42. The highest BCUT2D eigenvalue weighted by atomic mass is 16.5. The van der Waals surface area contributed by atoms with Crippen molar-refractivity contribution in [1.29, 1.82) is 0 Å². The van der Waals surface area contributed by atoms with Crippen molar-refractivity contribution in [2.24, 2.45) is 17.3 Å². The first-order valence-corrected chi connectivity index (χ1v) is 6.59. The predicted octanol–water partition coefficient (Wildman–Crippen LogP) is 2.44. The van der Waals surface area contributed by atoms with Crippen LogP contribution in [0, 0.1) is 17.3 Å². The Balaban J connectivity index is 1.96. The molecule has 0 aromatic carbocycles. The summed E-state index contributed by atoms with van der Waals surface area (Å²) >= 11 is 0. The van der Waals surface area contributed by atoms with Crippen LogP contribution in [0.15, 0.2) is 0 Å². The van der Waals surface area contributed by atoms with Crippen LogP contribution in [0.25, 0.3) is 0 Å². The molecule has 0 aromatic rings. The Labute approximate surface area is 93.8 Å². The Morgan fingerprint density at radius 3 is 2.73 bits per heavy atom. The van der Waals surface area contributed by atoms with Crippen molar-refractivity contribution in [3.8, 4) is 0 Å². The smallest absolute Gasteiger partial charge is 0.0537 e. The third-order valence-electron chi connectivity index (χ3n) is 4.42. The highest BCUT2D eigenvalue weighted by molar-refractivity contribution is 5.01. The molecular formula is C13H25NO. The molecule has 2 saturated carbocycles. The van der Waals surface area contributed by atoms with Gasteiger partial charge in [-0.3, -0.25) is 0 Å². The number of fused-ring (bicyclic) bond motifs is 2. The maximum absolute atomic E-state index is 5.73. The lowest BCUT2D eigenvalue weighted by Gasteiger charge is -2.37. The molecule has 2 rings (SSSR count).